The van der Waals surface area contributed by atoms with Crippen molar-refractivity contribution in [2.75, 3.05) is 0 Å². The van der Waals surface area contributed by atoms with Crippen LogP contribution >= 0.6 is 0 Å². The third-order valence-electron chi connectivity index (χ3n) is 3.97. The van der Waals surface area contributed by atoms with Gasteiger partial charge in [-0.1, -0.05) is 13.0 Å². The standard InChI is InChI=1S/C14H18O3/c1-9-12-8-11(16)4-6-14(12,3)7-5-13(9)17-10(2)15/h4,6,12H,5,7-8H2,1-3H3/t12-,14+/m0/s1. The molecule has 0 spiro atoms. The van der Waals surface area contributed by atoms with Crippen LogP contribution < -0.4 is 0 Å². The smallest absolute Gasteiger partial charge is 0.307 e. The summed E-state index contributed by atoms with van der Waals surface area (Å²) in [5.41, 5.74) is 1.11. The molecule has 0 fully saturated rings. The first kappa shape index (κ1) is 12.1. The number of carbonyl (C=O) groups excluding carboxylic acids is 2. The third-order valence-corrected chi connectivity index (χ3v) is 3.97. The third kappa shape index (κ3) is 2.19. The van der Waals surface area contributed by atoms with E-state index < -0.39 is 0 Å². The van der Waals surface area contributed by atoms with Gasteiger partial charge in [0.1, 0.15) is 5.76 Å². The van der Waals surface area contributed by atoms with E-state index in [1.165, 1.54) is 6.92 Å². The first-order chi connectivity index (χ1) is 7.92. The maximum absolute atomic E-state index is 11.5. The maximum Gasteiger partial charge on any atom is 0.307 e. The van der Waals surface area contributed by atoms with Crippen molar-refractivity contribution in [1.29, 1.82) is 0 Å². The Morgan fingerprint density at radius 1 is 1.53 bits per heavy atom. The van der Waals surface area contributed by atoms with Crippen LogP contribution in [0.15, 0.2) is 23.5 Å². The van der Waals surface area contributed by atoms with E-state index in [0.717, 1.165) is 24.2 Å². The summed E-state index contributed by atoms with van der Waals surface area (Å²) in [7, 11) is 0. The van der Waals surface area contributed by atoms with E-state index in [4.69, 9.17) is 4.74 Å². The summed E-state index contributed by atoms with van der Waals surface area (Å²) in [5.74, 6) is 0.836. The highest BCUT2D eigenvalue weighted by Crippen LogP contribution is 2.48. The minimum atomic E-state index is -0.277. The molecule has 0 saturated heterocycles. The lowest BCUT2D eigenvalue weighted by Crippen LogP contribution is -2.35. The molecule has 2 atom stereocenters. The first-order valence-electron chi connectivity index (χ1n) is 6.02. The normalized spacial score (nSPS) is 32.4. The van der Waals surface area contributed by atoms with Crippen LogP contribution in [0.2, 0.25) is 0 Å². The number of carbonyl (C=O) groups is 2. The minimum absolute atomic E-state index is 0.0433. The zero-order chi connectivity index (χ0) is 12.6. The molecule has 0 aromatic rings. The fraction of sp³-hybridized carbons (Fsp3) is 0.571. The van der Waals surface area contributed by atoms with Gasteiger partial charge in [-0.2, -0.15) is 0 Å². The number of fused-ring (bicyclic) bond motifs is 1. The van der Waals surface area contributed by atoms with Crippen molar-refractivity contribution in [1.82, 2.24) is 0 Å². The van der Waals surface area contributed by atoms with E-state index >= 15 is 0 Å². The Balaban J connectivity index is 2.33. The Morgan fingerprint density at radius 3 is 2.88 bits per heavy atom. The van der Waals surface area contributed by atoms with Gasteiger partial charge in [0.2, 0.25) is 0 Å². The predicted octanol–water partition coefficient (Wildman–Crippen LogP) is 2.77. The first-order valence-corrected chi connectivity index (χ1v) is 6.02. The molecule has 0 saturated carbocycles. The molecule has 3 heteroatoms. The molecule has 0 unspecified atom stereocenters. The quantitative estimate of drug-likeness (QED) is 0.655. The Bertz CT molecular complexity index is 431. The van der Waals surface area contributed by atoms with Crippen molar-refractivity contribution < 1.29 is 14.3 Å². The van der Waals surface area contributed by atoms with E-state index in [1.807, 2.05) is 13.0 Å². The van der Waals surface area contributed by atoms with Gasteiger partial charge in [-0.05, 0) is 36.3 Å². The molecule has 2 aliphatic carbocycles. The summed E-state index contributed by atoms with van der Waals surface area (Å²) in [6.45, 7) is 5.57. The summed E-state index contributed by atoms with van der Waals surface area (Å²) in [6.07, 6.45) is 5.96. The van der Waals surface area contributed by atoms with Gasteiger partial charge in [-0.15, -0.1) is 0 Å². The van der Waals surface area contributed by atoms with Gasteiger partial charge in [0.25, 0.3) is 0 Å². The molecule has 0 heterocycles. The van der Waals surface area contributed by atoms with Crippen molar-refractivity contribution in [2.45, 2.75) is 40.0 Å². The van der Waals surface area contributed by atoms with Crippen LogP contribution in [0.5, 0.6) is 0 Å². The second kappa shape index (κ2) is 4.13. The van der Waals surface area contributed by atoms with Crippen LogP contribution in [-0.2, 0) is 14.3 Å². The second-order valence-corrected chi connectivity index (χ2v) is 5.26. The van der Waals surface area contributed by atoms with E-state index in [1.54, 1.807) is 6.08 Å². The number of hydrogen-bond acceptors (Lipinski definition) is 3. The molecule has 0 aromatic heterocycles. The Labute approximate surface area is 102 Å². The molecular formula is C14H18O3. The number of esters is 1. The average molecular weight is 234 g/mol. The van der Waals surface area contributed by atoms with Crippen molar-refractivity contribution in [2.24, 2.45) is 11.3 Å². The lowest BCUT2D eigenvalue weighted by molar-refractivity contribution is -0.137. The molecule has 92 valence electrons. The molecule has 0 aliphatic heterocycles. The van der Waals surface area contributed by atoms with Gasteiger partial charge in [0, 0.05) is 19.8 Å². The monoisotopic (exact) mass is 234 g/mol. The maximum atomic E-state index is 11.5. The van der Waals surface area contributed by atoms with Crippen molar-refractivity contribution >= 4 is 11.8 Å². The topological polar surface area (TPSA) is 43.4 Å². The molecule has 0 aromatic carbocycles. The summed E-state index contributed by atoms with van der Waals surface area (Å²) in [6, 6.07) is 0. The van der Waals surface area contributed by atoms with Crippen LogP contribution in [0.25, 0.3) is 0 Å². The Kier molecular flexibility index (Phi) is 2.94. The lowest BCUT2D eigenvalue weighted by atomic mass is 9.63. The highest BCUT2D eigenvalue weighted by molar-refractivity contribution is 5.91. The zero-order valence-corrected chi connectivity index (χ0v) is 10.6. The van der Waals surface area contributed by atoms with Crippen molar-refractivity contribution in [3.63, 3.8) is 0 Å². The van der Waals surface area contributed by atoms with Crippen LogP contribution in [0, 0.1) is 11.3 Å². The van der Waals surface area contributed by atoms with Crippen LogP contribution in [0.3, 0.4) is 0 Å². The van der Waals surface area contributed by atoms with Gasteiger partial charge in [-0.3, -0.25) is 9.59 Å². The summed E-state index contributed by atoms with van der Waals surface area (Å²) < 4.78 is 5.24. The van der Waals surface area contributed by atoms with Gasteiger partial charge in [0.05, 0.1) is 0 Å². The number of ether oxygens (including phenoxy) is 1. The van der Waals surface area contributed by atoms with Gasteiger partial charge in [-0.25, -0.2) is 0 Å². The highest BCUT2D eigenvalue weighted by Gasteiger charge is 2.41. The molecule has 3 nitrogen and oxygen atoms in total. The lowest BCUT2D eigenvalue weighted by Gasteiger charge is -2.42. The van der Waals surface area contributed by atoms with Gasteiger partial charge < -0.3 is 4.74 Å². The predicted molar refractivity (Wildman–Crippen MR) is 64.1 cm³/mol. The van der Waals surface area contributed by atoms with E-state index in [9.17, 15) is 9.59 Å². The highest BCUT2D eigenvalue weighted by atomic mass is 16.5. The summed E-state index contributed by atoms with van der Waals surface area (Å²) >= 11 is 0. The summed E-state index contributed by atoms with van der Waals surface area (Å²) in [5, 5.41) is 0. The molecule has 2 rings (SSSR count). The van der Waals surface area contributed by atoms with Gasteiger partial charge in [0.15, 0.2) is 5.78 Å². The number of hydrogen-bond donors (Lipinski definition) is 0. The largest absolute Gasteiger partial charge is 0.431 e. The minimum Gasteiger partial charge on any atom is -0.431 e. The molecule has 0 bridgehead atoms. The molecule has 0 radical (unpaired) electrons. The van der Waals surface area contributed by atoms with Crippen LogP contribution in [0.1, 0.15) is 40.0 Å². The summed E-state index contributed by atoms with van der Waals surface area (Å²) in [4.78, 5) is 22.5. The zero-order valence-electron chi connectivity index (χ0n) is 10.6. The second-order valence-electron chi connectivity index (χ2n) is 5.26. The Hall–Kier alpha value is -1.38. The Morgan fingerprint density at radius 2 is 2.24 bits per heavy atom. The van der Waals surface area contributed by atoms with Gasteiger partial charge >= 0.3 is 5.97 Å². The average Bonchev–Trinajstić information content (AvgIpc) is 2.25. The SMILES string of the molecule is CC(=O)OC1=C(C)[C@@H]2CC(=O)C=C[C@]2(C)CC1. The fourth-order valence-corrected chi connectivity index (χ4v) is 2.89. The van der Waals surface area contributed by atoms with E-state index in [2.05, 4.69) is 6.92 Å². The van der Waals surface area contributed by atoms with Crippen LogP contribution in [-0.4, -0.2) is 11.8 Å². The molecule has 0 N–H and O–H groups in total. The number of ketones is 1. The van der Waals surface area contributed by atoms with Crippen molar-refractivity contribution in [3.8, 4) is 0 Å². The van der Waals surface area contributed by atoms with Crippen LogP contribution in [0.4, 0.5) is 0 Å². The van der Waals surface area contributed by atoms with Crippen molar-refractivity contribution in [3.05, 3.63) is 23.5 Å². The molecule has 2 aliphatic rings. The molecule has 0 amide bonds. The molecular weight excluding hydrogens is 216 g/mol. The fourth-order valence-electron chi connectivity index (χ4n) is 2.89. The van der Waals surface area contributed by atoms with E-state index in [0.29, 0.717) is 6.42 Å². The number of allylic oxidation sites excluding steroid dienone is 4. The number of rotatable bonds is 1. The van der Waals surface area contributed by atoms with E-state index in [-0.39, 0.29) is 23.1 Å². The molecule has 17 heavy (non-hydrogen) atoms.